The van der Waals surface area contributed by atoms with Crippen molar-refractivity contribution in [1.29, 1.82) is 0 Å². The van der Waals surface area contributed by atoms with Crippen LogP contribution in [-0.4, -0.2) is 29.9 Å². The van der Waals surface area contributed by atoms with Gasteiger partial charge in [-0.05, 0) is 31.2 Å². The minimum absolute atomic E-state index is 0.556. The number of carbonyl (C=O) groups excluding carboxylic acids is 1. The Morgan fingerprint density at radius 3 is 2.62 bits per heavy atom. The average molecular weight is 235 g/mol. The van der Waals surface area contributed by atoms with E-state index in [9.17, 15) is 4.79 Å². The van der Waals surface area contributed by atoms with Gasteiger partial charge in [-0.25, -0.2) is 0 Å². The Kier molecular flexibility index (Phi) is 3.54. The molecule has 16 heavy (non-hydrogen) atoms. The maximum absolute atomic E-state index is 10.6. The average Bonchev–Trinajstić information content (AvgIpc) is 2.33. The molecule has 1 saturated heterocycles. The van der Waals surface area contributed by atoms with E-state index in [0.29, 0.717) is 11.3 Å². The molecule has 0 radical (unpaired) electrons. The summed E-state index contributed by atoms with van der Waals surface area (Å²) < 4.78 is 0. The normalized spacial score (nSPS) is 25.5. The Labute approximate surface area is 101 Å². The molecule has 0 N–H and O–H groups in total. The lowest BCUT2D eigenvalue weighted by atomic mass is 10.1. The summed E-state index contributed by atoms with van der Waals surface area (Å²) in [5, 5.41) is 0.666. The zero-order chi connectivity index (χ0) is 11.5. The molecule has 1 aromatic carbocycles. The van der Waals surface area contributed by atoms with Gasteiger partial charge in [-0.1, -0.05) is 6.92 Å². The van der Waals surface area contributed by atoms with Gasteiger partial charge in [0.25, 0.3) is 0 Å². The fraction of sp³-hybridized carbons (Fsp3) is 0.462. The minimum Gasteiger partial charge on any atom is -0.367 e. The van der Waals surface area contributed by atoms with Crippen molar-refractivity contribution >= 4 is 23.7 Å². The van der Waals surface area contributed by atoms with Crippen LogP contribution in [0, 0.1) is 0 Å². The molecule has 0 bridgehead atoms. The highest BCUT2D eigenvalue weighted by Gasteiger charge is 2.25. The molecule has 1 aliphatic heterocycles. The van der Waals surface area contributed by atoms with Gasteiger partial charge >= 0.3 is 0 Å². The number of anilines is 1. The summed E-state index contributed by atoms with van der Waals surface area (Å²) in [6, 6.07) is 8.43. The third kappa shape index (κ3) is 2.24. The standard InChI is InChI=1S/C13H17NOS/c1-10-11(2)16-8-7-14(10)13-5-3-12(9-15)4-6-13/h3-6,9-11H,7-8H2,1-2H3. The fourth-order valence-electron chi connectivity index (χ4n) is 2.04. The topological polar surface area (TPSA) is 20.3 Å². The van der Waals surface area contributed by atoms with Gasteiger partial charge in [0, 0.05) is 34.8 Å². The van der Waals surface area contributed by atoms with E-state index in [0.717, 1.165) is 18.4 Å². The summed E-state index contributed by atoms with van der Waals surface area (Å²) in [7, 11) is 0. The Morgan fingerprint density at radius 2 is 2.00 bits per heavy atom. The van der Waals surface area contributed by atoms with Crippen molar-refractivity contribution in [2.24, 2.45) is 0 Å². The molecule has 1 aromatic rings. The molecule has 0 amide bonds. The van der Waals surface area contributed by atoms with Crippen molar-refractivity contribution in [3.05, 3.63) is 29.8 Å². The van der Waals surface area contributed by atoms with Crippen LogP contribution in [0.1, 0.15) is 24.2 Å². The van der Waals surface area contributed by atoms with Crippen LogP contribution in [0.25, 0.3) is 0 Å². The first kappa shape index (κ1) is 11.5. The predicted octanol–water partition coefficient (Wildman–Crippen LogP) is 2.83. The van der Waals surface area contributed by atoms with Crippen molar-refractivity contribution < 1.29 is 4.79 Å². The van der Waals surface area contributed by atoms with Crippen LogP contribution in [0.15, 0.2) is 24.3 Å². The van der Waals surface area contributed by atoms with Crippen LogP contribution in [0.3, 0.4) is 0 Å². The highest BCUT2D eigenvalue weighted by atomic mass is 32.2. The van der Waals surface area contributed by atoms with Crippen molar-refractivity contribution in [2.45, 2.75) is 25.1 Å². The molecular weight excluding hydrogens is 218 g/mol. The van der Waals surface area contributed by atoms with Crippen molar-refractivity contribution in [1.82, 2.24) is 0 Å². The lowest BCUT2D eigenvalue weighted by Crippen LogP contribution is -2.44. The van der Waals surface area contributed by atoms with Gasteiger partial charge in [0.2, 0.25) is 0 Å². The van der Waals surface area contributed by atoms with Gasteiger partial charge < -0.3 is 4.90 Å². The van der Waals surface area contributed by atoms with Gasteiger partial charge in [0.15, 0.2) is 0 Å². The molecule has 86 valence electrons. The molecule has 2 atom stereocenters. The first-order valence-electron chi connectivity index (χ1n) is 5.66. The Morgan fingerprint density at radius 1 is 1.31 bits per heavy atom. The number of hydrogen-bond donors (Lipinski definition) is 0. The van der Waals surface area contributed by atoms with E-state index in [1.807, 2.05) is 36.0 Å². The summed E-state index contributed by atoms with van der Waals surface area (Å²) in [4.78, 5) is 13.0. The molecule has 0 spiro atoms. The molecule has 1 aliphatic rings. The maximum atomic E-state index is 10.6. The molecule has 0 aromatic heterocycles. The lowest BCUT2D eigenvalue weighted by Gasteiger charge is -2.39. The predicted molar refractivity (Wildman–Crippen MR) is 70.6 cm³/mol. The van der Waals surface area contributed by atoms with Crippen LogP contribution >= 0.6 is 11.8 Å². The van der Waals surface area contributed by atoms with E-state index in [1.54, 1.807) is 0 Å². The number of hydrogen-bond acceptors (Lipinski definition) is 3. The van der Waals surface area contributed by atoms with Gasteiger partial charge in [-0.3, -0.25) is 4.79 Å². The van der Waals surface area contributed by atoms with Crippen molar-refractivity contribution in [3.8, 4) is 0 Å². The van der Waals surface area contributed by atoms with E-state index in [4.69, 9.17) is 0 Å². The first-order valence-corrected chi connectivity index (χ1v) is 6.70. The van der Waals surface area contributed by atoms with Crippen molar-refractivity contribution in [3.63, 3.8) is 0 Å². The summed E-state index contributed by atoms with van der Waals surface area (Å²) in [6.45, 7) is 5.64. The number of carbonyl (C=O) groups is 1. The Hall–Kier alpha value is -0.960. The molecule has 2 rings (SSSR count). The number of benzene rings is 1. The summed E-state index contributed by atoms with van der Waals surface area (Å²) >= 11 is 2.03. The van der Waals surface area contributed by atoms with E-state index < -0.39 is 0 Å². The maximum Gasteiger partial charge on any atom is 0.150 e. The SMILES string of the molecule is CC1SCCN(c2ccc(C=O)cc2)C1C. The number of thioether (sulfide) groups is 1. The molecular formula is C13H17NOS. The number of rotatable bonds is 2. The van der Waals surface area contributed by atoms with Gasteiger partial charge in [-0.2, -0.15) is 11.8 Å². The zero-order valence-electron chi connectivity index (χ0n) is 9.72. The summed E-state index contributed by atoms with van der Waals surface area (Å²) in [5.74, 6) is 1.18. The second kappa shape index (κ2) is 4.91. The molecule has 2 nitrogen and oxygen atoms in total. The van der Waals surface area contributed by atoms with Crippen LogP contribution in [-0.2, 0) is 0 Å². The fourth-order valence-corrected chi connectivity index (χ4v) is 3.14. The lowest BCUT2D eigenvalue weighted by molar-refractivity contribution is 0.112. The molecule has 2 unspecified atom stereocenters. The molecule has 0 aliphatic carbocycles. The second-order valence-corrected chi connectivity index (χ2v) is 5.70. The van der Waals surface area contributed by atoms with Gasteiger partial charge in [0.1, 0.15) is 6.29 Å². The van der Waals surface area contributed by atoms with Crippen molar-refractivity contribution in [2.75, 3.05) is 17.2 Å². The molecule has 0 saturated carbocycles. The smallest absolute Gasteiger partial charge is 0.150 e. The monoisotopic (exact) mass is 235 g/mol. The molecule has 3 heteroatoms. The Bertz CT molecular complexity index is 363. The molecule has 1 fully saturated rings. The third-order valence-corrected chi connectivity index (χ3v) is 4.58. The van der Waals surface area contributed by atoms with E-state index in [-0.39, 0.29) is 0 Å². The number of aldehydes is 1. The first-order chi connectivity index (χ1) is 7.72. The van der Waals surface area contributed by atoms with E-state index >= 15 is 0 Å². The van der Waals surface area contributed by atoms with E-state index in [1.165, 1.54) is 11.4 Å². The minimum atomic E-state index is 0.556. The van der Waals surface area contributed by atoms with Gasteiger partial charge in [0.05, 0.1) is 0 Å². The van der Waals surface area contributed by atoms with Crippen LogP contribution < -0.4 is 4.90 Å². The third-order valence-electron chi connectivity index (χ3n) is 3.24. The zero-order valence-corrected chi connectivity index (χ0v) is 10.5. The van der Waals surface area contributed by atoms with Crippen LogP contribution in [0.2, 0.25) is 0 Å². The van der Waals surface area contributed by atoms with Gasteiger partial charge in [-0.15, -0.1) is 0 Å². The largest absolute Gasteiger partial charge is 0.367 e. The summed E-state index contributed by atoms with van der Waals surface area (Å²) in [6.07, 6.45) is 0.891. The highest BCUT2D eigenvalue weighted by Crippen LogP contribution is 2.28. The van der Waals surface area contributed by atoms with Crippen LogP contribution in [0.5, 0.6) is 0 Å². The molecule has 1 heterocycles. The second-order valence-electron chi connectivity index (χ2n) is 4.22. The van der Waals surface area contributed by atoms with E-state index in [2.05, 4.69) is 18.7 Å². The highest BCUT2D eigenvalue weighted by molar-refractivity contribution is 8.00. The summed E-state index contributed by atoms with van der Waals surface area (Å²) in [5.41, 5.74) is 1.97. The van der Waals surface area contributed by atoms with Crippen LogP contribution in [0.4, 0.5) is 5.69 Å². The quantitative estimate of drug-likeness (QED) is 0.735. The number of nitrogens with zero attached hydrogens (tertiary/aromatic N) is 1. The Balaban J connectivity index is 2.18.